The summed E-state index contributed by atoms with van der Waals surface area (Å²) in [6.07, 6.45) is 3.64. The maximum Gasteiger partial charge on any atom is 0.221 e. The first kappa shape index (κ1) is 11.6. The molecule has 2 N–H and O–H groups in total. The van der Waals surface area contributed by atoms with Gasteiger partial charge in [0, 0.05) is 6.42 Å². The number of benzene rings is 1. The van der Waals surface area contributed by atoms with E-state index in [0.717, 1.165) is 5.56 Å². The van der Waals surface area contributed by atoms with Gasteiger partial charge in [-0.2, -0.15) is 0 Å². The fourth-order valence-electron chi connectivity index (χ4n) is 1.07. The predicted octanol–water partition coefficient (Wildman–Crippen LogP) is 2.24. The van der Waals surface area contributed by atoms with Crippen molar-refractivity contribution in [3.63, 3.8) is 0 Å². The van der Waals surface area contributed by atoms with Gasteiger partial charge in [0.15, 0.2) is 0 Å². The lowest BCUT2D eigenvalue weighted by Gasteiger charge is -2.02. The Morgan fingerprint density at radius 2 is 2.33 bits per heavy atom. The Hall–Kier alpha value is -1.48. The Balaban J connectivity index is 2.78. The standard InChI is InChI=1S/C11H12ClNO2/c1-15-9-6-5-8(10(12)7-9)3-2-4-11(13)14/h2-3,5-7H,4H2,1H3,(H2,13,14). The summed E-state index contributed by atoms with van der Waals surface area (Å²) < 4.78 is 5.01. The Bertz CT molecular complexity index is 388. The largest absolute Gasteiger partial charge is 0.497 e. The molecule has 0 atom stereocenters. The molecule has 4 heteroatoms. The van der Waals surface area contributed by atoms with Crippen molar-refractivity contribution >= 4 is 23.6 Å². The van der Waals surface area contributed by atoms with E-state index in [0.29, 0.717) is 10.8 Å². The summed E-state index contributed by atoms with van der Waals surface area (Å²) in [5.74, 6) is 0.336. The number of amides is 1. The average Bonchev–Trinajstić information content (AvgIpc) is 2.20. The second kappa shape index (κ2) is 5.41. The number of carbonyl (C=O) groups excluding carboxylic acids is 1. The van der Waals surface area contributed by atoms with E-state index in [9.17, 15) is 4.79 Å². The van der Waals surface area contributed by atoms with Crippen LogP contribution >= 0.6 is 11.6 Å². The van der Waals surface area contributed by atoms with Gasteiger partial charge in [0.1, 0.15) is 5.75 Å². The SMILES string of the molecule is COc1ccc(C=CCC(N)=O)c(Cl)c1. The minimum Gasteiger partial charge on any atom is -0.497 e. The lowest BCUT2D eigenvalue weighted by molar-refractivity contribution is -0.117. The predicted molar refractivity (Wildman–Crippen MR) is 60.8 cm³/mol. The van der Waals surface area contributed by atoms with E-state index in [1.807, 2.05) is 6.07 Å². The smallest absolute Gasteiger partial charge is 0.221 e. The molecule has 0 aliphatic rings. The van der Waals surface area contributed by atoms with E-state index < -0.39 is 0 Å². The van der Waals surface area contributed by atoms with Crippen molar-refractivity contribution in [2.45, 2.75) is 6.42 Å². The maximum atomic E-state index is 10.5. The van der Waals surface area contributed by atoms with Crippen LogP contribution in [0.15, 0.2) is 24.3 Å². The second-order valence-corrected chi connectivity index (χ2v) is 3.37. The highest BCUT2D eigenvalue weighted by molar-refractivity contribution is 6.32. The number of halogens is 1. The van der Waals surface area contributed by atoms with Gasteiger partial charge in [-0.05, 0) is 23.8 Å². The van der Waals surface area contributed by atoms with Gasteiger partial charge in [-0.3, -0.25) is 4.79 Å². The van der Waals surface area contributed by atoms with Crippen LogP contribution in [0.3, 0.4) is 0 Å². The summed E-state index contributed by atoms with van der Waals surface area (Å²) in [6, 6.07) is 5.33. The molecule has 1 amide bonds. The molecule has 0 spiro atoms. The molecule has 3 nitrogen and oxygen atoms in total. The number of carbonyl (C=O) groups is 1. The van der Waals surface area contributed by atoms with Crippen molar-refractivity contribution in [1.29, 1.82) is 0 Å². The van der Waals surface area contributed by atoms with Crippen LogP contribution in [0.25, 0.3) is 6.08 Å². The fraction of sp³-hybridized carbons (Fsp3) is 0.182. The highest BCUT2D eigenvalue weighted by Gasteiger charge is 1.98. The molecule has 0 radical (unpaired) electrons. The molecular weight excluding hydrogens is 214 g/mol. The highest BCUT2D eigenvalue weighted by atomic mass is 35.5. The van der Waals surface area contributed by atoms with E-state index in [1.54, 1.807) is 31.4 Å². The fourth-order valence-corrected chi connectivity index (χ4v) is 1.31. The molecular formula is C11H12ClNO2. The third-order valence-electron chi connectivity index (χ3n) is 1.82. The van der Waals surface area contributed by atoms with Gasteiger partial charge in [0.2, 0.25) is 5.91 Å². The van der Waals surface area contributed by atoms with Gasteiger partial charge >= 0.3 is 0 Å². The Labute approximate surface area is 93.5 Å². The van der Waals surface area contributed by atoms with Crippen molar-refractivity contribution < 1.29 is 9.53 Å². The quantitative estimate of drug-likeness (QED) is 0.855. The molecule has 1 aromatic rings. The molecule has 1 aromatic carbocycles. The molecule has 0 aromatic heterocycles. The molecule has 0 unspecified atom stereocenters. The summed E-state index contributed by atoms with van der Waals surface area (Å²) in [4.78, 5) is 10.5. The third kappa shape index (κ3) is 3.64. The minimum absolute atomic E-state index is 0.211. The Morgan fingerprint density at radius 1 is 1.60 bits per heavy atom. The zero-order chi connectivity index (χ0) is 11.3. The summed E-state index contributed by atoms with van der Waals surface area (Å²) in [5.41, 5.74) is 5.83. The molecule has 0 bridgehead atoms. The number of hydrogen-bond donors (Lipinski definition) is 1. The molecule has 0 saturated carbocycles. The topological polar surface area (TPSA) is 52.3 Å². The van der Waals surface area contributed by atoms with Crippen LogP contribution < -0.4 is 10.5 Å². The van der Waals surface area contributed by atoms with E-state index >= 15 is 0 Å². The second-order valence-electron chi connectivity index (χ2n) is 2.96. The van der Waals surface area contributed by atoms with Gasteiger partial charge in [-0.25, -0.2) is 0 Å². The van der Waals surface area contributed by atoms with Crippen LogP contribution in [-0.4, -0.2) is 13.0 Å². The first-order valence-electron chi connectivity index (χ1n) is 4.42. The number of nitrogens with two attached hydrogens (primary N) is 1. The van der Waals surface area contributed by atoms with Gasteiger partial charge in [0.25, 0.3) is 0 Å². The summed E-state index contributed by atoms with van der Waals surface area (Å²) in [5, 5.41) is 0.579. The molecule has 0 aliphatic carbocycles. The van der Waals surface area contributed by atoms with E-state index in [-0.39, 0.29) is 12.3 Å². The first-order valence-corrected chi connectivity index (χ1v) is 4.79. The van der Waals surface area contributed by atoms with Crippen LogP contribution in [0, 0.1) is 0 Å². The Morgan fingerprint density at radius 3 is 2.87 bits per heavy atom. The minimum atomic E-state index is -0.365. The number of primary amides is 1. The summed E-state index contributed by atoms with van der Waals surface area (Å²) in [6.45, 7) is 0. The van der Waals surface area contributed by atoms with E-state index in [4.69, 9.17) is 22.1 Å². The highest BCUT2D eigenvalue weighted by Crippen LogP contribution is 2.23. The lowest BCUT2D eigenvalue weighted by Crippen LogP contribution is -2.07. The molecule has 0 aliphatic heterocycles. The van der Waals surface area contributed by atoms with Crippen LogP contribution in [0.2, 0.25) is 5.02 Å². The monoisotopic (exact) mass is 225 g/mol. The van der Waals surface area contributed by atoms with Crippen molar-refractivity contribution in [3.05, 3.63) is 34.9 Å². The molecule has 80 valence electrons. The molecule has 0 saturated heterocycles. The van der Waals surface area contributed by atoms with Crippen molar-refractivity contribution in [3.8, 4) is 5.75 Å². The number of methoxy groups -OCH3 is 1. The van der Waals surface area contributed by atoms with E-state index in [1.165, 1.54) is 0 Å². The average molecular weight is 226 g/mol. The van der Waals surface area contributed by atoms with Gasteiger partial charge in [-0.1, -0.05) is 23.8 Å². The maximum absolute atomic E-state index is 10.5. The number of ether oxygens (including phenoxy) is 1. The van der Waals surface area contributed by atoms with Crippen LogP contribution in [-0.2, 0) is 4.79 Å². The Kier molecular flexibility index (Phi) is 4.18. The molecule has 0 fully saturated rings. The zero-order valence-corrected chi connectivity index (χ0v) is 9.12. The van der Waals surface area contributed by atoms with Gasteiger partial charge < -0.3 is 10.5 Å². The van der Waals surface area contributed by atoms with Gasteiger partial charge in [-0.15, -0.1) is 0 Å². The number of rotatable bonds is 4. The van der Waals surface area contributed by atoms with Crippen molar-refractivity contribution in [2.75, 3.05) is 7.11 Å². The molecule has 1 rings (SSSR count). The third-order valence-corrected chi connectivity index (χ3v) is 2.15. The van der Waals surface area contributed by atoms with Crippen LogP contribution in [0.4, 0.5) is 0 Å². The summed E-state index contributed by atoms with van der Waals surface area (Å²) in [7, 11) is 1.58. The zero-order valence-electron chi connectivity index (χ0n) is 8.37. The number of hydrogen-bond acceptors (Lipinski definition) is 2. The first-order chi connectivity index (χ1) is 7.13. The van der Waals surface area contributed by atoms with Crippen LogP contribution in [0.1, 0.15) is 12.0 Å². The van der Waals surface area contributed by atoms with Gasteiger partial charge in [0.05, 0.1) is 12.1 Å². The van der Waals surface area contributed by atoms with Crippen molar-refractivity contribution in [2.24, 2.45) is 5.73 Å². The normalized spacial score (nSPS) is 10.5. The lowest BCUT2D eigenvalue weighted by atomic mass is 10.2. The molecule has 15 heavy (non-hydrogen) atoms. The van der Waals surface area contributed by atoms with Crippen molar-refractivity contribution in [1.82, 2.24) is 0 Å². The molecule has 0 heterocycles. The summed E-state index contributed by atoms with van der Waals surface area (Å²) >= 11 is 5.98. The van der Waals surface area contributed by atoms with Crippen LogP contribution in [0.5, 0.6) is 5.75 Å². The van der Waals surface area contributed by atoms with E-state index in [2.05, 4.69) is 0 Å².